The average Bonchev–Trinajstić information content (AvgIpc) is 2.88. The largest absolute Gasteiger partial charge is 0.303 e. The van der Waals surface area contributed by atoms with Crippen LogP contribution >= 0.6 is 0 Å². The fourth-order valence-corrected chi connectivity index (χ4v) is 3.64. The summed E-state index contributed by atoms with van der Waals surface area (Å²) in [5.74, 6) is 2.23. The standard InChI is InChI=1S/C14H25FN2/c1-16-8-13(14(15)10-16)9-17-5-4-12(7-17)6-11-2-3-11/h11-14H,2-10H2,1H3. The van der Waals surface area contributed by atoms with Gasteiger partial charge < -0.3 is 9.80 Å². The predicted molar refractivity (Wildman–Crippen MR) is 67.8 cm³/mol. The monoisotopic (exact) mass is 240 g/mol. The van der Waals surface area contributed by atoms with E-state index in [9.17, 15) is 4.39 Å². The molecule has 0 aromatic carbocycles. The Morgan fingerprint density at radius 2 is 1.88 bits per heavy atom. The molecular formula is C14H25FN2. The normalized spacial score (nSPS) is 40.2. The van der Waals surface area contributed by atoms with Gasteiger partial charge in [-0.2, -0.15) is 0 Å². The van der Waals surface area contributed by atoms with Crippen LogP contribution in [0.1, 0.15) is 25.7 Å². The first-order chi connectivity index (χ1) is 8.20. The van der Waals surface area contributed by atoms with Gasteiger partial charge in [0, 0.05) is 32.1 Å². The van der Waals surface area contributed by atoms with Crippen LogP contribution < -0.4 is 0 Å². The molecule has 3 aliphatic rings. The summed E-state index contributed by atoms with van der Waals surface area (Å²) in [6, 6.07) is 0. The summed E-state index contributed by atoms with van der Waals surface area (Å²) in [5, 5.41) is 0. The number of hydrogen-bond donors (Lipinski definition) is 0. The molecule has 0 spiro atoms. The first-order valence-corrected chi connectivity index (χ1v) is 7.25. The lowest BCUT2D eigenvalue weighted by molar-refractivity contribution is 0.206. The zero-order valence-electron chi connectivity index (χ0n) is 10.9. The van der Waals surface area contributed by atoms with Crippen molar-refractivity contribution >= 4 is 0 Å². The average molecular weight is 240 g/mol. The van der Waals surface area contributed by atoms with Gasteiger partial charge in [0.15, 0.2) is 0 Å². The quantitative estimate of drug-likeness (QED) is 0.741. The Morgan fingerprint density at radius 3 is 2.53 bits per heavy atom. The second kappa shape index (κ2) is 4.85. The maximum atomic E-state index is 13.7. The van der Waals surface area contributed by atoms with Crippen LogP contribution in [0, 0.1) is 17.8 Å². The molecule has 0 aromatic heterocycles. The minimum absolute atomic E-state index is 0.264. The van der Waals surface area contributed by atoms with Crippen molar-refractivity contribution in [3.05, 3.63) is 0 Å². The second-order valence-electron chi connectivity index (χ2n) is 6.59. The van der Waals surface area contributed by atoms with Crippen molar-refractivity contribution in [3.8, 4) is 0 Å². The number of hydrogen-bond acceptors (Lipinski definition) is 2. The molecular weight excluding hydrogens is 215 g/mol. The molecule has 3 heteroatoms. The van der Waals surface area contributed by atoms with Crippen molar-refractivity contribution in [2.75, 3.05) is 39.8 Å². The maximum Gasteiger partial charge on any atom is 0.118 e. The van der Waals surface area contributed by atoms with E-state index in [0.717, 1.165) is 24.9 Å². The summed E-state index contributed by atoms with van der Waals surface area (Å²) in [4.78, 5) is 4.65. The van der Waals surface area contributed by atoms with E-state index >= 15 is 0 Å². The number of halogens is 1. The first-order valence-electron chi connectivity index (χ1n) is 7.25. The van der Waals surface area contributed by atoms with E-state index in [2.05, 4.69) is 9.80 Å². The van der Waals surface area contributed by atoms with Crippen molar-refractivity contribution in [2.24, 2.45) is 17.8 Å². The molecule has 2 saturated heterocycles. The van der Waals surface area contributed by atoms with Crippen LogP contribution in [0.15, 0.2) is 0 Å². The molecule has 0 N–H and O–H groups in total. The summed E-state index contributed by atoms with van der Waals surface area (Å²) in [5.41, 5.74) is 0. The highest BCUT2D eigenvalue weighted by Gasteiger charge is 2.35. The van der Waals surface area contributed by atoms with Gasteiger partial charge in [0.1, 0.15) is 6.17 Å². The summed E-state index contributed by atoms with van der Waals surface area (Å²) in [6.07, 6.45) is 5.14. The minimum Gasteiger partial charge on any atom is -0.303 e. The molecule has 1 aliphatic carbocycles. The van der Waals surface area contributed by atoms with Crippen LogP contribution in [0.25, 0.3) is 0 Å². The van der Waals surface area contributed by atoms with E-state index in [1.54, 1.807) is 0 Å². The third kappa shape index (κ3) is 3.00. The minimum atomic E-state index is -0.595. The van der Waals surface area contributed by atoms with Crippen molar-refractivity contribution < 1.29 is 4.39 Å². The van der Waals surface area contributed by atoms with Crippen LogP contribution in [-0.2, 0) is 0 Å². The molecule has 2 aliphatic heterocycles. The van der Waals surface area contributed by atoms with Gasteiger partial charge in [0.25, 0.3) is 0 Å². The van der Waals surface area contributed by atoms with E-state index < -0.39 is 6.17 Å². The number of likely N-dealkylation sites (tertiary alicyclic amines) is 2. The predicted octanol–water partition coefficient (Wildman–Crippen LogP) is 2.01. The van der Waals surface area contributed by atoms with Gasteiger partial charge in [-0.3, -0.25) is 0 Å². The molecule has 3 atom stereocenters. The molecule has 2 nitrogen and oxygen atoms in total. The van der Waals surface area contributed by atoms with E-state index in [-0.39, 0.29) is 5.92 Å². The van der Waals surface area contributed by atoms with Crippen molar-refractivity contribution in [1.82, 2.24) is 9.80 Å². The molecule has 3 rings (SSSR count). The topological polar surface area (TPSA) is 6.48 Å². The van der Waals surface area contributed by atoms with Crippen LogP contribution in [-0.4, -0.2) is 55.7 Å². The Bertz CT molecular complexity index is 267. The Labute approximate surface area is 104 Å². The Morgan fingerprint density at radius 1 is 1.06 bits per heavy atom. The molecule has 17 heavy (non-hydrogen) atoms. The summed E-state index contributed by atoms with van der Waals surface area (Å²) in [6.45, 7) is 5.04. The fourth-order valence-electron chi connectivity index (χ4n) is 3.64. The molecule has 0 bridgehead atoms. The van der Waals surface area contributed by atoms with Crippen LogP contribution in [0.5, 0.6) is 0 Å². The van der Waals surface area contributed by atoms with Gasteiger partial charge in [-0.25, -0.2) is 4.39 Å². The summed E-state index contributed by atoms with van der Waals surface area (Å²) in [7, 11) is 2.03. The Balaban J connectivity index is 1.43. The van der Waals surface area contributed by atoms with Crippen molar-refractivity contribution in [2.45, 2.75) is 31.9 Å². The van der Waals surface area contributed by atoms with E-state index in [1.165, 1.54) is 38.8 Å². The maximum absolute atomic E-state index is 13.7. The molecule has 0 aromatic rings. The van der Waals surface area contributed by atoms with E-state index in [4.69, 9.17) is 0 Å². The second-order valence-corrected chi connectivity index (χ2v) is 6.59. The van der Waals surface area contributed by atoms with Gasteiger partial charge in [0.2, 0.25) is 0 Å². The highest BCUT2D eigenvalue weighted by Crippen LogP contribution is 2.38. The Kier molecular flexibility index (Phi) is 3.40. The molecule has 0 radical (unpaired) electrons. The molecule has 98 valence electrons. The number of nitrogens with zero attached hydrogens (tertiary/aromatic N) is 2. The lowest BCUT2D eigenvalue weighted by Crippen LogP contribution is -2.32. The van der Waals surface area contributed by atoms with Crippen LogP contribution in [0.3, 0.4) is 0 Å². The van der Waals surface area contributed by atoms with Crippen molar-refractivity contribution in [1.29, 1.82) is 0 Å². The molecule has 0 amide bonds. The molecule has 3 unspecified atom stereocenters. The van der Waals surface area contributed by atoms with Gasteiger partial charge in [-0.15, -0.1) is 0 Å². The van der Waals surface area contributed by atoms with Crippen molar-refractivity contribution in [3.63, 3.8) is 0 Å². The SMILES string of the molecule is CN1CC(F)C(CN2CCC(CC3CC3)C2)C1. The number of rotatable bonds is 4. The zero-order valence-corrected chi connectivity index (χ0v) is 10.9. The fraction of sp³-hybridized carbons (Fsp3) is 1.00. The van der Waals surface area contributed by atoms with Gasteiger partial charge in [-0.1, -0.05) is 12.8 Å². The van der Waals surface area contributed by atoms with E-state index in [1.807, 2.05) is 7.05 Å². The smallest absolute Gasteiger partial charge is 0.118 e. The molecule has 1 saturated carbocycles. The van der Waals surface area contributed by atoms with Gasteiger partial charge in [-0.05, 0) is 38.3 Å². The Hall–Kier alpha value is -0.150. The third-order valence-electron chi connectivity index (χ3n) is 4.77. The highest BCUT2D eigenvalue weighted by atomic mass is 19.1. The van der Waals surface area contributed by atoms with Gasteiger partial charge in [0.05, 0.1) is 0 Å². The van der Waals surface area contributed by atoms with E-state index in [0.29, 0.717) is 6.54 Å². The first kappa shape index (κ1) is 11.9. The third-order valence-corrected chi connectivity index (χ3v) is 4.77. The van der Waals surface area contributed by atoms with Gasteiger partial charge >= 0.3 is 0 Å². The molecule has 2 heterocycles. The highest BCUT2D eigenvalue weighted by molar-refractivity contribution is 4.88. The lowest BCUT2D eigenvalue weighted by atomic mass is 10.0. The lowest BCUT2D eigenvalue weighted by Gasteiger charge is -2.21. The summed E-state index contributed by atoms with van der Waals surface area (Å²) >= 11 is 0. The van der Waals surface area contributed by atoms with Crippen LogP contribution in [0.2, 0.25) is 0 Å². The number of alkyl halides is 1. The van der Waals surface area contributed by atoms with Crippen LogP contribution in [0.4, 0.5) is 4.39 Å². The molecule has 3 fully saturated rings. The summed E-state index contributed by atoms with van der Waals surface area (Å²) < 4.78 is 13.7. The zero-order chi connectivity index (χ0) is 11.8.